The molecule has 1 aliphatic rings. The zero-order valence-corrected chi connectivity index (χ0v) is 9.03. The summed E-state index contributed by atoms with van der Waals surface area (Å²) in [4.78, 5) is 10.3. The van der Waals surface area contributed by atoms with Crippen molar-refractivity contribution in [2.24, 2.45) is 0 Å². The van der Waals surface area contributed by atoms with Crippen molar-refractivity contribution in [2.45, 2.75) is 37.8 Å². The maximum Gasteiger partial charge on any atom is 0.320 e. The van der Waals surface area contributed by atoms with Crippen LogP contribution in [0.5, 0.6) is 0 Å². The lowest BCUT2D eigenvalue weighted by Gasteiger charge is -2.27. The number of carboxylic acid groups (broad SMARTS) is 1. The second-order valence-corrected chi connectivity index (χ2v) is 5.48. The van der Waals surface area contributed by atoms with E-state index in [-0.39, 0.29) is 0 Å². The normalized spacial score (nSPS) is 27.5. The van der Waals surface area contributed by atoms with Crippen LogP contribution in [0.3, 0.4) is 0 Å². The molecule has 88 valence electrons. The van der Waals surface area contributed by atoms with Crippen LogP contribution in [-0.2, 0) is 14.8 Å². The first kappa shape index (κ1) is 12.4. The third kappa shape index (κ3) is 4.15. The summed E-state index contributed by atoms with van der Waals surface area (Å²) in [5, 5.41) is 17.9. The van der Waals surface area contributed by atoms with Crippen LogP contribution in [0.25, 0.3) is 0 Å². The van der Waals surface area contributed by atoms with Crippen molar-refractivity contribution in [1.29, 1.82) is 0 Å². The molecule has 1 fully saturated rings. The summed E-state index contributed by atoms with van der Waals surface area (Å²) in [6, 6.07) is -0.539. The fraction of sp³-hybridized carbons (Fsp3) is 0.875. The van der Waals surface area contributed by atoms with Gasteiger partial charge < -0.3 is 10.2 Å². The van der Waals surface area contributed by atoms with Gasteiger partial charge in [-0.25, -0.2) is 13.1 Å². The number of sulfonamides is 1. The number of rotatable bonds is 4. The Bertz CT molecular complexity index is 326. The molecule has 0 aromatic carbocycles. The Morgan fingerprint density at radius 1 is 1.33 bits per heavy atom. The lowest BCUT2D eigenvalue weighted by molar-refractivity contribution is -0.134. The van der Waals surface area contributed by atoms with Crippen LogP contribution < -0.4 is 4.72 Å². The van der Waals surface area contributed by atoms with Gasteiger partial charge in [-0.1, -0.05) is 12.8 Å². The monoisotopic (exact) mass is 237 g/mol. The molecule has 1 saturated carbocycles. The molecule has 0 bridgehead atoms. The van der Waals surface area contributed by atoms with Gasteiger partial charge in [0.15, 0.2) is 5.75 Å². The largest absolute Gasteiger partial charge is 0.480 e. The Morgan fingerprint density at radius 2 is 1.93 bits per heavy atom. The first-order chi connectivity index (χ1) is 6.91. The number of hydrogen-bond donors (Lipinski definition) is 3. The molecule has 0 aromatic heterocycles. The smallest absolute Gasteiger partial charge is 0.320 e. The molecular formula is C8H15NO5S. The summed E-state index contributed by atoms with van der Waals surface area (Å²) >= 11 is 0. The zero-order valence-electron chi connectivity index (χ0n) is 8.22. The van der Waals surface area contributed by atoms with E-state index in [1.807, 2.05) is 0 Å². The Balaban J connectivity index is 2.55. The van der Waals surface area contributed by atoms with Gasteiger partial charge in [0.05, 0.1) is 6.10 Å². The number of aliphatic hydroxyl groups is 1. The Kier molecular flexibility index (Phi) is 4.06. The van der Waals surface area contributed by atoms with Gasteiger partial charge in [-0.05, 0) is 12.8 Å². The third-order valence-electron chi connectivity index (χ3n) is 2.37. The minimum atomic E-state index is -3.82. The topological polar surface area (TPSA) is 104 Å². The van der Waals surface area contributed by atoms with Gasteiger partial charge in [-0.2, -0.15) is 0 Å². The number of carboxylic acids is 1. The first-order valence-electron chi connectivity index (χ1n) is 4.80. The highest BCUT2D eigenvalue weighted by molar-refractivity contribution is 7.90. The minimum Gasteiger partial charge on any atom is -0.480 e. The molecule has 0 amide bonds. The number of aliphatic hydroxyl groups excluding tert-OH is 1. The van der Waals surface area contributed by atoms with E-state index in [4.69, 9.17) is 5.11 Å². The van der Waals surface area contributed by atoms with Crippen LogP contribution in [0.15, 0.2) is 0 Å². The van der Waals surface area contributed by atoms with E-state index in [0.717, 1.165) is 12.8 Å². The molecule has 2 atom stereocenters. The predicted molar refractivity (Wildman–Crippen MR) is 52.8 cm³/mol. The minimum absolute atomic E-state index is 0.539. The molecular weight excluding hydrogens is 222 g/mol. The maximum atomic E-state index is 11.3. The van der Waals surface area contributed by atoms with Crippen molar-refractivity contribution in [2.75, 3.05) is 5.75 Å². The van der Waals surface area contributed by atoms with Gasteiger partial charge in [0.2, 0.25) is 10.0 Å². The van der Waals surface area contributed by atoms with E-state index >= 15 is 0 Å². The highest BCUT2D eigenvalue weighted by Crippen LogP contribution is 2.18. The van der Waals surface area contributed by atoms with Crippen molar-refractivity contribution in [3.05, 3.63) is 0 Å². The molecule has 1 rings (SSSR count). The quantitative estimate of drug-likeness (QED) is 0.599. The van der Waals surface area contributed by atoms with Crippen molar-refractivity contribution in [3.63, 3.8) is 0 Å². The lowest BCUT2D eigenvalue weighted by atomic mass is 9.93. The summed E-state index contributed by atoms with van der Waals surface area (Å²) in [5.74, 6) is -2.34. The molecule has 0 aliphatic heterocycles. The molecule has 0 radical (unpaired) electrons. The van der Waals surface area contributed by atoms with Crippen LogP contribution in [0.4, 0.5) is 0 Å². The predicted octanol–water partition coefficient (Wildman–Crippen LogP) is -0.706. The van der Waals surface area contributed by atoms with E-state index in [2.05, 4.69) is 4.72 Å². The van der Waals surface area contributed by atoms with Crippen LogP contribution in [0.1, 0.15) is 25.7 Å². The van der Waals surface area contributed by atoms with Crippen molar-refractivity contribution >= 4 is 16.0 Å². The molecule has 15 heavy (non-hydrogen) atoms. The van der Waals surface area contributed by atoms with Crippen LogP contribution >= 0.6 is 0 Å². The van der Waals surface area contributed by atoms with Crippen molar-refractivity contribution < 1.29 is 23.4 Å². The average molecular weight is 237 g/mol. The van der Waals surface area contributed by atoms with Crippen molar-refractivity contribution in [3.8, 4) is 0 Å². The van der Waals surface area contributed by atoms with E-state index < -0.39 is 33.9 Å². The molecule has 7 heteroatoms. The number of nitrogens with one attached hydrogen (secondary N) is 1. The maximum absolute atomic E-state index is 11.3. The Labute approximate surface area is 88.3 Å². The van der Waals surface area contributed by atoms with Gasteiger partial charge >= 0.3 is 5.97 Å². The summed E-state index contributed by atoms with van der Waals surface area (Å²) in [7, 11) is -3.82. The fourth-order valence-corrected chi connectivity index (χ4v) is 2.83. The van der Waals surface area contributed by atoms with E-state index in [1.165, 1.54) is 0 Å². The van der Waals surface area contributed by atoms with Gasteiger partial charge in [0.25, 0.3) is 0 Å². The van der Waals surface area contributed by atoms with Crippen LogP contribution in [0.2, 0.25) is 0 Å². The lowest BCUT2D eigenvalue weighted by Crippen LogP contribution is -2.46. The number of hydrogen-bond acceptors (Lipinski definition) is 4. The van der Waals surface area contributed by atoms with Gasteiger partial charge in [0.1, 0.15) is 0 Å². The molecule has 0 heterocycles. The molecule has 0 spiro atoms. The molecule has 0 saturated heterocycles. The molecule has 3 N–H and O–H groups in total. The van der Waals surface area contributed by atoms with Crippen LogP contribution in [0, 0.1) is 0 Å². The highest BCUT2D eigenvalue weighted by atomic mass is 32.2. The summed E-state index contributed by atoms with van der Waals surface area (Å²) in [5.41, 5.74) is 0. The molecule has 0 aromatic rings. The zero-order chi connectivity index (χ0) is 11.5. The Morgan fingerprint density at radius 3 is 2.47 bits per heavy atom. The second-order valence-electron chi connectivity index (χ2n) is 3.73. The fourth-order valence-electron chi connectivity index (χ4n) is 1.68. The van der Waals surface area contributed by atoms with E-state index in [0.29, 0.717) is 12.8 Å². The first-order valence-corrected chi connectivity index (χ1v) is 6.46. The number of carbonyl (C=O) groups is 1. The van der Waals surface area contributed by atoms with E-state index in [1.54, 1.807) is 0 Å². The molecule has 0 unspecified atom stereocenters. The van der Waals surface area contributed by atoms with Gasteiger partial charge in [-0.15, -0.1) is 0 Å². The summed E-state index contributed by atoms with van der Waals surface area (Å²) in [6.45, 7) is 0. The Hall–Kier alpha value is -0.660. The SMILES string of the molecule is O=C(O)CS(=O)(=O)N[C@@H]1CCCC[C@H]1O. The highest BCUT2D eigenvalue weighted by Gasteiger charge is 2.28. The summed E-state index contributed by atoms with van der Waals surface area (Å²) in [6.07, 6.45) is 2.12. The van der Waals surface area contributed by atoms with Gasteiger partial charge in [-0.3, -0.25) is 4.79 Å². The average Bonchev–Trinajstić information content (AvgIpc) is 2.06. The van der Waals surface area contributed by atoms with Gasteiger partial charge in [0, 0.05) is 6.04 Å². The standard InChI is InChI=1S/C8H15NO5S/c10-7-4-2-1-3-6(7)9-15(13,14)5-8(11)12/h6-7,9-10H,1-5H2,(H,11,12)/t6-,7-/m1/s1. The van der Waals surface area contributed by atoms with Crippen molar-refractivity contribution in [1.82, 2.24) is 4.72 Å². The molecule has 1 aliphatic carbocycles. The third-order valence-corrected chi connectivity index (χ3v) is 3.66. The summed E-state index contributed by atoms with van der Waals surface area (Å²) < 4.78 is 24.7. The second kappa shape index (κ2) is 4.91. The number of aliphatic carboxylic acids is 1. The van der Waals surface area contributed by atoms with Crippen LogP contribution in [-0.4, -0.2) is 42.5 Å². The van der Waals surface area contributed by atoms with E-state index in [9.17, 15) is 18.3 Å². The molecule has 6 nitrogen and oxygen atoms in total.